The Morgan fingerprint density at radius 1 is 1.33 bits per heavy atom. The topological polar surface area (TPSA) is 23.6 Å². The minimum atomic E-state index is 0.357. The minimum absolute atomic E-state index is 0.357. The van der Waals surface area contributed by atoms with Gasteiger partial charge in [-0.1, -0.05) is 13.8 Å². The fraction of sp³-hybridized carbons (Fsp3) is 0.917. The van der Waals surface area contributed by atoms with Crippen molar-refractivity contribution in [2.45, 2.75) is 39.2 Å². The van der Waals surface area contributed by atoms with Crippen molar-refractivity contribution >= 4 is 5.78 Å². The second-order valence-electron chi connectivity index (χ2n) is 4.47. The molecule has 0 aliphatic carbocycles. The largest absolute Gasteiger partial charge is 0.303 e. The Labute approximate surface area is 93.4 Å². The van der Waals surface area contributed by atoms with Crippen LogP contribution in [0.3, 0.4) is 0 Å². The van der Waals surface area contributed by atoms with E-state index >= 15 is 0 Å². The Morgan fingerprint density at radius 2 is 1.93 bits per heavy atom. The molecule has 3 nitrogen and oxygen atoms in total. The highest BCUT2D eigenvalue weighted by atomic mass is 16.1. The zero-order valence-electron chi connectivity index (χ0n) is 10.3. The van der Waals surface area contributed by atoms with E-state index in [1.807, 2.05) is 6.92 Å². The molecule has 15 heavy (non-hydrogen) atoms. The second-order valence-corrected chi connectivity index (χ2v) is 4.47. The lowest BCUT2D eigenvalue weighted by Crippen LogP contribution is -2.44. The number of rotatable bonds is 5. The zero-order valence-corrected chi connectivity index (χ0v) is 10.3. The highest BCUT2D eigenvalue weighted by Crippen LogP contribution is 2.14. The average Bonchev–Trinajstić information content (AvgIpc) is 2.29. The van der Waals surface area contributed by atoms with Gasteiger partial charge in [-0.3, -0.25) is 9.69 Å². The van der Waals surface area contributed by atoms with E-state index in [1.54, 1.807) is 0 Å². The smallest absolute Gasteiger partial charge is 0.146 e. The SMILES string of the molecule is CCC(=O)CN(C)C1CCN(CC)CC1. The van der Waals surface area contributed by atoms with Crippen molar-refractivity contribution < 1.29 is 4.79 Å². The molecule has 0 amide bonds. The number of likely N-dealkylation sites (N-methyl/N-ethyl adjacent to an activating group) is 1. The van der Waals surface area contributed by atoms with Gasteiger partial charge in [0.25, 0.3) is 0 Å². The maximum atomic E-state index is 11.3. The summed E-state index contributed by atoms with van der Waals surface area (Å²) in [6.07, 6.45) is 3.08. The lowest BCUT2D eigenvalue weighted by molar-refractivity contribution is -0.120. The van der Waals surface area contributed by atoms with Gasteiger partial charge in [-0.25, -0.2) is 0 Å². The molecule has 1 fully saturated rings. The summed E-state index contributed by atoms with van der Waals surface area (Å²) in [4.78, 5) is 16.0. The number of Topliss-reactive ketones (excluding diaryl/α,β-unsaturated/α-hetero) is 1. The van der Waals surface area contributed by atoms with Crippen LogP contribution in [0.2, 0.25) is 0 Å². The minimum Gasteiger partial charge on any atom is -0.303 e. The Bertz CT molecular complexity index is 198. The molecule has 1 saturated heterocycles. The summed E-state index contributed by atoms with van der Waals surface area (Å²) >= 11 is 0. The van der Waals surface area contributed by atoms with Gasteiger partial charge in [-0.2, -0.15) is 0 Å². The van der Waals surface area contributed by atoms with Crippen molar-refractivity contribution in [1.82, 2.24) is 9.80 Å². The van der Waals surface area contributed by atoms with Gasteiger partial charge >= 0.3 is 0 Å². The van der Waals surface area contributed by atoms with Crippen molar-refractivity contribution in [3.63, 3.8) is 0 Å². The molecule has 1 aliphatic rings. The lowest BCUT2D eigenvalue weighted by atomic mass is 10.0. The van der Waals surface area contributed by atoms with E-state index < -0.39 is 0 Å². The van der Waals surface area contributed by atoms with Crippen LogP contribution in [0.15, 0.2) is 0 Å². The maximum Gasteiger partial charge on any atom is 0.146 e. The van der Waals surface area contributed by atoms with Crippen molar-refractivity contribution in [3.8, 4) is 0 Å². The Hall–Kier alpha value is -0.410. The van der Waals surface area contributed by atoms with E-state index in [-0.39, 0.29) is 0 Å². The number of ketones is 1. The molecular formula is C12H24N2O. The third kappa shape index (κ3) is 3.92. The quantitative estimate of drug-likeness (QED) is 0.688. The molecule has 0 saturated carbocycles. The number of nitrogens with zero attached hydrogens (tertiary/aromatic N) is 2. The first-order valence-electron chi connectivity index (χ1n) is 6.11. The first-order valence-corrected chi connectivity index (χ1v) is 6.11. The Kier molecular flexibility index (Phi) is 5.26. The number of likely N-dealkylation sites (tertiary alicyclic amines) is 1. The predicted octanol–water partition coefficient (Wildman–Crippen LogP) is 1.38. The summed E-state index contributed by atoms with van der Waals surface area (Å²) in [6, 6.07) is 0.614. The number of hydrogen-bond acceptors (Lipinski definition) is 3. The van der Waals surface area contributed by atoms with Crippen LogP contribution < -0.4 is 0 Å². The second kappa shape index (κ2) is 6.23. The van der Waals surface area contributed by atoms with E-state index in [2.05, 4.69) is 23.8 Å². The van der Waals surface area contributed by atoms with Crippen LogP contribution in [0.25, 0.3) is 0 Å². The van der Waals surface area contributed by atoms with Gasteiger partial charge in [0.2, 0.25) is 0 Å². The first-order chi connectivity index (χ1) is 7.17. The fourth-order valence-electron chi connectivity index (χ4n) is 2.20. The van der Waals surface area contributed by atoms with Gasteiger partial charge in [0.05, 0.1) is 6.54 Å². The fourth-order valence-corrected chi connectivity index (χ4v) is 2.20. The molecule has 0 aromatic heterocycles. The van der Waals surface area contributed by atoms with Crippen molar-refractivity contribution in [2.24, 2.45) is 0 Å². The van der Waals surface area contributed by atoms with Crippen molar-refractivity contribution in [1.29, 1.82) is 0 Å². The summed E-state index contributed by atoms with van der Waals surface area (Å²) in [5.41, 5.74) is 0. The third-order valence-corrected chi connectivity index (χ3v) is 3.45. The molecule has 1 aliphatic heterocycles. The number of piperidine rings is 1. The maximum absolute atomic E-state index is 11.3. The van der Waals surface area contributed by atoms with Crippen LogP contribution >= 0.6 is 0 Å². The summed E-state index contributed by atoms with van der Waals surface area (Å²) in [5.74, 6) is 0.357. The van der Waals surface area contributed by atoms with Crippen LogP contribution in [0.4, 0.5) is 0 Å². The molecule has 0 aromatic rings. The molecule has 88 valence electrons. The molecule has 0 bridgehead atoms. The summed E-state index contributed by atoms with van der Waals surface area (Å²) in [6.45, 7) is 8.32. The molecule has 0 N–H and O–H groups in total. The van der Waals surface area contributed by atoms with E-state index in [0.29, 0.717) is 24.8 Å². The monoisotopic (exact) mass is 212 g/mol. The standard InChI is InChI=1S/C12H24N2O/c1-4-12(15)10-13(3)11-6-8-14(5-2)9-7-11/h11H,4-10H2,1-3H3. The van der Waals surface area contributed by atoms with Gasteiger partial charge in [0, 0.05) is 12.5 Å². The lowest BCUT2D eigenvalue weighted by Gasteiger charge is -2.35. The van der Waals surface area contributed by atoms with Crippen LogP contribution in [0.5, 0.6) is 0 Å². The molecule has 3 heteroatoms. The van der Waals surface area contributed by atoms with Gasteiger partial charge in [-0.15, -0.1) is 0 Å². The molecular weight excluding hydrogens is 188 g/mol. The molecule has 0 aromatic carbocycles. The van der Waals surface area contributed by atoms with Crippen LogP contribution in [0, 0.1) is 0 Å². The van der Waals surface area contributed by atoms with E-state index in [9.17, 15) is 4.79 Å². The number of hydrogen-bond donors (Lipinski definition) is 0. The average molecular weight is 212 g/mol. The highest BCUT2D eigenvalue weighted by Gasteiger charge is 2.22. The molecule has 1 rings (SSSR count). The molecule has 0 atom stereocenters. The summed E-state index contributed by atoms with van der Waals surface area (Å²) < 4.78 is 0. The number of carbonyl (C=O) groups is 1. The summed E-state index contributed by atoms with van der Waals surface area (Å²) in [7, 11) is 2.08. The van der Waals surface area contributed by atoms with E-state index in [4.69, 9.17) is 0 Å². The predicted molar refractivity (Wildman–Crippen MR) is 63.1 cm³/mol. The molecule has 0 spiro atoms. The van der Waals surface area contributed by atoms with Gasteiger partial charge < -0.3 is 4.90 Å². The summed E-state index contributed by atoms with van der Waals surface area (Å²) in [5, 5.41) is 0. The molecule has 0 unspecified atom stereocenters. The van der Waals surface area contributed by atoms with Gasteiger partial charge in [-0.05, 0) is 39.5 Å². The highest BCUT2D eigenvalue weighted by molar-refractivity contribution is 5.80. The number of carbonyl (C=O) groups excluding carboxylic acids is 1. The first kappa shape index (κ1) is 12.7. The molecule has 0 radical (unpaired) electrons. The van der Waals surface area contributed by atoms with Crippen LogP contribution in [-0.4, -0.2) is 54.9 Å². The van der Waals surface area contributed by atoms with Crippen molar-refractivity contribution in [3.05, 3.63) is 0 Å². The van der Waals surface area contributed by atoms with E-state index in [1.165, 1.54) is 25.9 Å². The zero-order chi connectivity index (χ0) is 11.3. The Morgan fingerprint density at radius 3 is 2.40 bits per heavy atom. The Balaban J connectivity index is 2.29. The van der Waals surface area contributed by atoms with Crippen molar-refractivity contribution in [2.75, 3.05) is 33.2 Å². The van der Waals surface area contributed by atoms with Gasteiger partial charge in [0.15, 0.2) is 0 Å². The third-order valence-electron chi connectivity index (χ3n) is 3.45. The van der Waals surface area contributed by atoms with Crippen LogP contribution in [0.1, 0.15) is 33.1 Å². The van der Waals surface area contributed by atoms with Gasteiger partial charge in [0.1, 0.15) is 5.78 Å². The normalized spacial score (nSPS) is 19.7. The van der Waals surface area contributed by atoms with E-state index in [0.717, 1.165) is 6.54 Å². The van der Waals surface area contributed by atoms with Crippen LogP contribution in [-0.2, 0) is 4.79 Å². The molecule has 1 heterocycles.